The zero-order valence-corrected chi connectivity index (χ0v) is 21.4. The molecule has 4 aromatic rings. The van der Waals surface area contributed by atoms with Gasteiger partial charge in [0, 0.05) is 61.8 Å². The van der Waals surface area contributed by atoms with Gasteiger partial charge in [0.1, 0.15) is 0 Å². The van der Waals surface area contributed by atoms with Gasteiger partial charge in [-0.05, 0) is 48.8 Å². The lowest BCUT2D eigenvalue weighted by molar-refractivity contribution is -0.130. The number of carbonyl (C=O) groups excluding carboxylic acids is 3. The van der Waals surface area contributed by atoms with Crippen molar-refractivity contribution in [3.8, 4) is 0 Å². The van der Waals surface area contributed by atoms with E-state index in [1.54, 1.807) is 40.3 Å². The lowest BCUT2D eigenvalue weighted by Crippen LogP contribution is -2.50. The minimum absolute atomic E-state index is 0.0158. The second-order valence-electron chi connectivity index (χ2n) is 8.93. The van der Waals surface area contributed by atoms with Crippen LogP contribution in [-0.2, 0) is 11.2 Å². The first kappa shape index (κ1) is 24.5. The van der Waals surface area contributed by atoms with E-state index in [2.05, 4.69) is 19.7 Å². The summed E-state index contributed by atoms with van der Waals surface area (Å²) in [6, 6.07) is 14.6. The van der Waals surface area contributed by atoms with Gasteiger partial charge >= 0.3 is 0 Å². The summed E-state index contributed by atoms with van der Waals surface area (Å²) in [7, 11) is 0. The van der Waals surface area contributed by atoms with Crippen LogP contribution in [0.5, 0.6) is 0 Å². The highest BCUT2D eigenvalue weighted by molar-refractivity contribution is 7.06. The van der Waals surface area contributed by atoms with E-state index in [4.69, 9.17) is 0 Å². The van der Waals surface area contributed by atoms with E-state index >= 15 is 0 Å². The molecule has 2 aromatic heterocycles. The standard InChI is InChI=1S/C27H26N6O3S/c1-17-25(24(37-31-17)15-21-16-28-22-8-3-4-9-23(22)29-21)26(35)30-20-7-5-6-19(14-20)27(36)33-12-10-32(11-13-33)18(2)34/h3-9,14,16H,10-13,15H2,1-2H3,(H,30,35). The Bertz CT molecular complexity index is 1490. The summed E-state index contributed by atoms with van der Waals surface area (Å²) in [5.74, 6) is -0.389. The first-order valence-electron chi connectivity index (χ1n) is 12.0. The summed E-state index contributed by atoms with van der Waals surface area (Å²) in [5.41, 5.74) is 4.55. The first-order chi connectivity index (χ1) is 17.9. The van der Waals surface area contributed by atoms with E-state index in [1.807, 2.05) is 31.2 Å². The molecule has 3 amide bonds. The minimum Gasteiger partial charge on any atom is -0.339 e. The molecular formula is C27H26N6O3S. The number of benzene rings is 2. The van der Waals surface area contributed by atoms with Crippen molar-refractivity contribution >= 4 is 46.0 Å². The van der Waals surface area contributed by atoms with Gasteiger partial charge in [-0.2, -0.15) is 4.37 Å². The highest BCUT2D eigenvalue weighted by atomic mass is 32.1. The zero-order valence-electron chi connectivity index (χ0n) is 20.6. The summed E-state index contributed by atoms with van der Waals surface area (Å²) in [4.78, 5) is 51.3. The fourth-order valence-electron chi connectivity index (χ4n) is 4.40. The van der Waals surface area contributed by atoms with Gasteiger partial charge in [0.15, 0.2) is 0 Å². The maximum absolute atomic E-state index is 13.3. The number of hydrogen-bond acceptors (Lipinski definition) is 7. The largest absolute Gasteiger partial charge is 0.339 e. The summed E-state index contributed by atoms with van der Waals surface area (Å²) >= 11 is 1.28. The van der Waals surface area contributed by atoms with E-state index in [-0.39, 0.29) is 17.7 Å². The number of anilines is 1. The van der Waals surface area contributed by atoms with E-state index in [9.17, 15) is 14.4 Å². The van der Waals surface area contributed by atoms with Crippen LogP contribution in [-0.4, -0.2) is 68.0 Å². The Labute approximate surface area is 218 Å². The van der Waals surface area contributed by atoms with Crippen molar-refractivity contribution in [1.29, 1.82) is 0 Å². The van der Waals surface area contributed by atoms with Crippen LogP contribution < -0.4 is 5.32 Å². The van der Waals surface area contributed by atoms with Crippen molar-refractivity contribution in [3.63, 3.8) is 0 Å². The van der Waals surface area contributed by atoms with Gasteiger partial charge in [0.25, 0.3) is 11.8 Å². The predicted octanol–water partition coefficient (Wildman–Crippen LogP) is 3.54. The van der Waals surface area contributed by atoms with Crippen molar-refractivity contribution in [1.82, 2.24) is 24.1 Å². The summed E-state index contributed by atoms with van der Waals surface area (Å²) in [5, 5.41) is 2.93. The third-order valence-electron chi connectivity index (χ3n) is 6.38. The van der Waals surface area contributed by atoms with Gasteiger partial charge in [-0.25, -0.2) is 4.98 Å². The Hall–Kier alpha value is -4.18. The number of aromatic nitrogens is 3. The molecule has 0 atom stereocenters. The van der Waals surface area contributed by atoms with Gasteiger partial charge in [-0.1, -0.05) is 18.2 Å². The molecule has 1 fully saturated rings. The van der Waals surface area contributed by atoms with Crippen LogP contribution in [0.15, 0.2) is 54.7 Å². The number of nitrogens with zero attached hydrogens (tertiary/aromatic N) is 5. The lowest BCUT2D eigenvalue weighted by atomic mass is 10.1. The number of rotatable bonds is 5. The van der Waals surface area contributed by atoms with Crippen molar-refractivity contribution in [2.75, 3.05) is 31.5 Å². The average Bonchev–Trinajstić information content (AvgIpc) is 3.28. The molecule has 1 aliphatic heterocycles. The molecule has 0 unspecified atom stereocenters. The highest BCUT2D eigenvalue weighted by Crippen LogP contribution is 2.24. The van der Waals surface area contributed by atoms with E-state index in [1.165, 1.54) is 18.5 Å². The van der Waals surface area contributed by atoms with E-state index in [0.29, 0.717) is 55.1 Å². The molecule has 1 N–H and O–H groups in total. The summed E-state index contributed by atoms with van der Waals surface area (Å²) < 4.78 is 4.41. The van der Waals surface area contributed by atoms with E-state index in [0.717, 1.165) is 21.6 Å². The molecule has 0 spiro atoms. The SMILES string of the molecule is CC(=O)N1CCN(C(=O)c2cccc(NC(=O)c3c(C)nsc3Cc3cnc4ccccc4n3)c2)CC1. The smallest absolute Gasteiger partial charge is 0.258 e. The fraction of sp³-hybridized carbons (Fsp3) is 0.259. The molecule has 3 heterocycles. The number of fused-ring (bicyclic) bond motifs is 1. The van der Waals surface area contributed by atoms with Crippen molar-refractivity contribution < 1.29 is 14.4 Å². The molecule has 10 heteroatoms. The normalized spacial score (nSPS) is 13.6. The topological polar surface area (TPSA) is 108 Å². The van der Waals surface area contributed by atoms with Gasteiger partial charge in [0.2, 0.25) is 5.91 Å². The quantitative estimate of drug-likeness (QED) is 0.436. The maximum atomic E-state index is 13.3. The molecule has 0 aliphatic carbocycles. The summed E-state index contributed by atoms with van der Waals surface area (Å²) in [6.07, 6.45) is 2.17. The molecule has 9 nitrogen and oxygen atoms in total. The average molecular weight is 515 g/mol. The Balaban J connectivity index is 1.30. The molecular weight excluding hydrogens is 488 g/mol. The number of nitrogens with one attached hydrogen (secondary N) is 1. The van der Waals surface area contributed by atoms with Crippen LogP contribution >= 0.6 is 11.5 Å². The van der Waals surface area contributed by atoms with Crippen LogP contribution in [0, 0.1) is 6.92 Å². The van der Waals surface area contributed by atoms with Crippen LogP contribution in [0.3, 0.4) is 0 Å². The van der Waals surface area contributed by atoms with Gasteiger partial charge in [-0.3, -0.25) is 19.4 Å². The van der Waals surface area contributed by atoms with Crippen LogP contribution in [0.2, 0.25) is 0 Å². The molecule has 5 rings (SSSR count). The maximum Gasteiger partial charge on any atom is 0.258 e. The summed E-state index contributed by atoms with van der Waals surface area (Å²) in [6.45, 7) is 5.35. The minimum atomic E-state index is -0.283. The molecule has 37 heavy (non-hydrogen) atoms. The Morgan fingerprint density at radius 1 is 0.973 bits per heavy atom. The monoisotopic (exact) mass is 514 g/mol. The van der Waals surface area contributed by atoms with Gasteiger partial charge in [0.05, 0.1) is 28.0 Å². The molecule has 0 bridgehead atoms. The lowest BCUT2D eigenvalue weighted by Gasteiger charge is -2.34. The van der Waals surface area contributed by atoms with E-state index < -0.39 is 0 Å². The molecule has 0 saturated carbocycles. The number of piperazine rings is 1. The predicted molar refractivity (Wildman–Crippen MR) is 142 cm³/mol. The molecule has 1 saturated heterocycles. The van der Waals surface area contributed by atoms with Gasteiger partial charge in [-0.15, -0.1) is 0 Å². The van der Waals surface area contributed by atoms with Crippen molar-refractivity contribution in [3.05, 3.63) is 82.1 Å². The Kier molecular flexibility index (Phi) is 6.91. The first-order valence-corrected chi connectivity index (χ1v) is 12.8. The van der Waals surface area contributed by atoms with Crippen LogP contribution in [0.1, 0.15) is 43.9 Å². The number of carbonyl (C=O) groups is 3. The number of amides is 3. The van der Waals surface area contributed by atoms with Crippen LogP contribution in [0.25, 0.3) is 11.0 Å². The Morgan fingerprint density at radius 2 is 1.70 bits per heavy atom. The zero-order chi connectivity index (χ0) is 25.9. The third-order valence-corrected chi connectivity index (χ3v) is 7.31. The number of para-hydroxylation sites is 2. The van der Waals surface area contributed by atoms with Crippen molar-refractivity contribution in [2.45, 2.75) is 20.3 Å². The fourth-order valence-corrected chi connectivity index (χ4v) is 5.29. The van der Waals surface area contributed by atoms with Gasteiger partial charge < -0.3 is 15.1 Å². The second-order valence-corrected chi connectivity index (χ2v) is 9.78. The van der Waals surface area contributed by atoms with Crippen molar-refractivity contribution in [2.24, 2.45) is 0 Å². The molecule has 2 aromatic carbocycles. The molecule has 1 aliphatic rings. The third kappa shape index (κ3) is 5.34. The second kappa shape index (κ2) is 10.4. The molecule has 188 valence electrons. The molecule has 0 radical (unpaired) electrons. The highest BCUT2D eigenvalue weighted by Gasteiger charge is 2.24. The van der Waals surface area contributed by atoms with Crippen LogP contribution in [0.4, 0.5) is 5.69 Å². The number of aryl methyl sites for hydroxylation is 1. The Morgan fingerprint density at radius 3 is 2.46 bits per heavy atom. The number of hydrogen-bond donors (Lipinski definition) is 1.